The summed E-state index contributed by atoms with van der Waals surface area (Å²) in [7, 11) is 0. The monoisotopic (exact) mass is 474 g/mol. The molecule has 0 aliphatic carbocycles. The molecule has 1 amide bonds. The maximum absolute atomic E-state index is 13.4. The lowest BCUT2D eigenvalue weighted by Crippen LogP contribution is -2.24. The molecule has 2 aromatic carbocycles. The molecule has 0 aliphatic rings. The number of hydrogen-bond donors (Lipinski definition) is 1. The van der Waals surface area contributed by atoms with Crippen molar-refractivity contribution in [1.29, 1.82) is 0 Å². The first-order valence-corrected chi connectivity index (χ1v) is 12.1. The molecule has 0 spiro atoms. The molecule has 1 N–H and O–H groups in total. The van der Waals surface area contributed by atoms with Crippen LogP contribution in [0.2, 0.25) is 0 Å². The van der Waals surface area contributed by atoms with Crippen LogP contribution in [0.25, 0.3) is 21.3 Å². The third-order valence-electron chi connectivity index (χ3n) is 4.87. The molecule has 0 saturated heterocycles. The molecule has 0 atom stereocenters. The molecule has 0 bridgehead atoms. The highest BCUT2D eigenvalue weighted by Gasteiger charge is 2.17. The van der Waals surface area contributed by atoms with E-state index in [-0.39, 0.29) is 17.2 Å². The predicted molar refractivity (Wildman–Crippen MR) is 137 cm³/mol. The van der Waals surface area contributed by atoms with Gasteiger partial charge in [-0.1, -0.05) is 78.0 Å². The summed E-state index contributed by atoms with van der Waals surface area (Å²) >= 11 is 2.63. The molecule has 2 heterocycles. The minimum Gasteiger partial charge on any atom is -0.283 e. The number of aryl methyl sites for hydroxylation is 1. The molecule has 166 valence electrons. The van der Waals surface area contributed by atoms with Crippen molar-refractivity contribution in [1.82, 2.24) is 15.0 Å². The number of carbonyl (C=O) groups is 1. The number of allylic oxidation sites excluding steroid dienone is 1. The van der Waals surface area contributed by atoms with E-state index in [0.29, 0.717) is 21.9 Å². The van der Waals surface area contributed by atoms with Crippen LogP contribution < -0.4 is 11.0 Å². The average molecular weight is 475 g/mol. The van der Waals surface area contributed by atoms with Gasteiger partial charge in [-0.25, -0.2) is 10.4 Å². The number of nitrogens with one attached hydrogen (secondary N) is 1. The van der Waals surface area contributed by atoms with Gasteiger partial charge in [0.2, 0.25) is 0 Å². The zero-order chi connectivity index (χ0) is 23.2. The zero-order valence-corrected chi connectivity index (χ0v) is 19.7. The summed E-state index contributed by atoms with van der Waals surface area (Å²) in [6, 6.07) is 17.6. The van der Waals surface area contributed by atoms with E-state index < -0.39 is 0 Å². The minimum atomic E-state index is -0.279. The fraction of sp³-hybridized carbons (Fsp3) is 0.120. The van der Waals surface area contributed by atoms with Crippen molar-refractivity contribution in [3.8, 4) is 11.1 Å². The van der Waals surface area contributed by atoms with Crippen molar-refractivity contribution >= 4 is 45.4 Å². The van der Waals surface area contributed by atoms with E-state index in [1.165, 1.54) is 23.1 Å². The van der Waals surface area contributed by atoms with Gasteiger partial charge in [0.1, 0.15) is 4.83 Å². The van der Waals surface area contributed by atoms with Crippen molar-refractivity contribution in [3.63, 3.8) is 0 Å². The second-order valence-electron chi connectivity index (χ2n) is 7.29. The molecule has 6 nitrogen and oxygen atoms in total. The maximum Gasteiger partial charge on any atom is 0.263 e. The van der Waals surface area contributed by atoms with Gasteiger partial charge in [0.05, 0.1) is 17.4 Å². The van der Waals surface area contributed by atoms with Gasteiger partial charge in [-0.3, -0.25) is 14.2 Å². The Kier molecular flexibility index (Phi) is 7.16. The van der Waals surface area contributed by atoms with Crippen LogP contribution in [0.4, 0.5) is 0 Å². The lowest BCUT2D eigenvalue weighted by molar-refractivity contribution is -0.118. The van der Waals surface area contributed by atoms with Crippen LogP contribution in [0.15, 0.2) is 87.7 Å². The number of thioether (sulfide) groups is 1. The van der Waals surface area contributed by atoms with E-state index in [0.717, 1.165) is 22.3 Å². The van der Waals surface area contributed by atoms with Gasteiger partial charge in [0, 0.05) is 17.5 Å². The number of carbonyl (C=O) groups excluding carboxylic acids is 1. The maximum atomic E-state index is 13.4. The Morgan fingerprint density at radius 3 is 2.70 bits per heavy atom. The van der Waals surface area contributed by atoms with E-state index in [9.17, 15) is 9.59 Å². The van der Waals surface area contributed by atoms with E-state index in [4.69, 9.17) is 4.98 Å². The highest BCUT2D eigenvalue weighted by molar-refractivity contribution is 7.99. The van der Waals surface area contributed by atoms with E-state index in [2.05, 4.69) is 17.1 Å². The number of hydrazone groups is 1. The van der Waals surface area contributed by atoms with E-state index in [1.54, 1.807) is 16.9 Å². The molecular formula is C25H22N4O2S2. The second-order valence-corrected chi connectivity index (χ2v) is 9.09. The van der Waals surface area contributed by atoms with Gasteiger partial charge < -0.3 is 0 Å². The quantitative estimate of drug-likeness (QED) is 0.130. The summed E-state index contributed by atoms with van der Waals surface area (Å²) in [4.78, 5) is 31.0. The van der Waals surface area contributed by atoms with Gasteiger partial charge in [0.15, 0.2) is 5.16 Å². The van der Waals surface area contributed by atoms with Crippen molar-refractivity contribution in [2.45, 2.75) is 18.6 Å². The number of nitrogens with zero attached hydrogens (tertiary/aromatic N) is 3. The second kappa shape index (κ2) is 10.4. The number of benzene rings is 2. The largest absolute Gasteiger partial charge is 0.283 e. The fourth-order valence-corrected chi connectivity index (χ4v) is 5.02. The van der Waals surface area contributed by atoms with Crippen LogP contribution in [-0.2, 0) is 11.3 Å². The number of thiophene rings is 1. The third kappa shape index (κ3) is 5.30. The lowest BCUT2D eigenvalue weighted by Gasteiger charge is -2.10. The van der Waals surface area contributed by atoms with Crippen molar-refractivity contribution in [2.24, 2.45) is 5.10 Å². The molecule has 0 fully saturated rings. The number of amides is 1. The molecule has 0 aliphatic heterocycles. The predicted octanol–water partition coefficient (Wildman–Crippen LogP) is 4.86. The summed E-state index contributed by atoms with van der Waals surface area (Å²) in [5.74, 6) is -0.199. The zero-order valence-electron chi connectivity index (χ0n) is 18.0. The Balaban J connectivity index is 1.56. The van der Waals surface area contributed by atoms with Gasteiger partial charge in [-0.15, -0.1) is 17.9 Å². The lowest BCUT2D eigenvalue weighted by atomic mass is 10.1. The number of rotatable bonds is 8. The van der Waals surface area contributed by atoms with Crippen molar-refractivity contribution in [3.05, 3.63) is 94.1 Å². The summed E-state index contributed by atoms with van der Waals surface area (Å²) < 4.78 is 1.56. The molecule has 33 heavy (non-hydrogen) atoms. The number of fused-ring (bicyclic) bond motifs is 1. The van der Waals surface area contributed by atoms with Crippen LogP contribution in [0.1, 0.15) is 11.1 Å². The molecule has 0 radical (unpaired) electrons. The first-order valence-electron chi connectivity index (χ1n) is 10.3. The van der Waals surface area contributed by atoms with Gasteiger partial charge in [-0.05, 0) is 18.1 Å². The normalized spacial score (nSPS) is 11.2. The van der Waals surface area contributed by atoms with Crippen LogP contribution >= 0.6 is 23.1 Å². The van der Waals surface area contributed by atoms with Crippen LogP contribution in [-0.4, -0.2) is 27.4 Å². The molecule has 2 aromatic heterocycles. The first-order chi connectivity index (χ1) is 16.1. The molecule has 0 saturated carbocycles. The molecular weight excluding hydrogens is 452 g/mol. The molecule has 4 rings (SSSR count). The van der Waals surface area contributed by atoms with E-state index >= 15 is 0 Å². The molecule has 0 unspecified atom stereocenters. The first kappa shape index (κ1) is 22.7. The van der Waals surface area contributed by atoms with Gasteiger partial charge in [0.25, 0.3) is 11.5 Å². The fourth-order valence-electron chi connectivity index (χ4n) is 3.23. The smallest absolute Gasteiger partial charge is 0.263 e. The number of hydrogen-bond acceptors (Lipinski definition) is 6. The van der Waals surface area contributed by atoms with Crippen molar-refractivity contribution < 1.29 is 4.79 Å². The average Bonchev–Trinajstić information content (AvgIpc) is 3.25. The Labute approximate surface area is 199 Å². The summed E-state index contributed by atoms with van der Waals surface area (Å²) in [6.45, 7) is 6.10. The minimum absolute atomic E-state index is 0.0808. The van der Waals surface area contributed by atoms with Crippen LogP contribution in [0.3, 0.4) is 0 Å². The highest BCUT2D eigenvalue weighted by Crippen LogP contribution is 2.32. The van der Waals surface area contributed by atoms with Crippen molar-refractivity contribution in [2.75, 3.05) is 5.75 Å². The third-order valence-corrected chi connectivity index (χ3v) is 6.72. The Bertz CT molecular complexity index is 1370. The SMILES string of the molecule is C=CCn1c(SCC(=O)N/N=C/c2ccccc2)nc2scc(-c3ccc(C)cc3)c2c1=O. The summed E-state index contributed by atoms with van der Waals surface area (Å²) in [5, 5.41) is 7.01. The molecule has 4 aromatic rings. The highest BCUT2D eigenvalue weighted by atomic mass is 32.2. The van der Waals surface area contributed by atoms with Crippen LogP contribution in [0, 0.1) is 6.92 Å². The Hall–Kier alpha value is -3.49. The topological polar surface area (TPSA) is 76.3 Å². The summed E-state index contributed by atoms with van der Waals surface area (Å²) in [5.41, 5.74) is 6.27. The standard InChI is InChI=1S/C25H22N4O2S2/c1-3-13-29-24(31)22-20(19-11-9-17(2)10-12-19)15-32-23(22)27-25(29)33-16-21(30)28-26-14-18-7-5-4-6-8-18/h3-12,14-15H,1,13,16H2,2H3,(H,28,30)/b26-14+. The molecule has 8 heteroatoms. The number of aromatic nitrogens is 2. The Morgan fingerprint density at radius 1 is 1.21 bits per heavy atom. The van der Waals surface area contributed by atoms with Gasteiger partial charge >= 0.3 is 0 Å². The summed E-state index contributed by atoms with van der Waals surface area (Å²) in [6.07, 6.45) is 3.24. The van der Waals surface area contributed by atoms with E-state index in [1.807, 2.05) is 66.9 Å². The van der Waals surface area contributed by atoms with Gasteiger partial charge in [-0.2, -0.15) is 5.10 Å². The Morgan fingerprint density at radius 2 is 1.97 bits per heavy atom. The van der Waals surface area contributed by atoms with Crippen LogP contribution in [0.5, 0.6) is 0 Å².